The normalized spacial score (nSPS) is 14.6. The van der Waals surface area contributed by atoms with Gasteiger partial charge in [0.15, 0.2) is 12.2 Å². The predicted octanol–water partition coefficient (Wildman–Crippen LogP) is 23.4. The van der Waals surface area contributed by atoms with Gasteiger partial charge in [0.25, 0.3) is 0 Å². The second-order valence-corrected chi connectivity index (χ2v) is 29.2. The summed E-state index contributed by atoms with van der Waals surface area (Å²) >= 11 is 0. The van der Waals surface area contributed by atoms with Gasteiger partial charge in [-0.25, -0.2) is 9.13 Å². The predicted molar refractivity (Wildman–Crippen MR) is 427 cm³/mol. The standard InChI is InChI=1S/C85H142O17P2/c1-5-9-13-17-21-25-29-32-35-37-39-41-44-46-50-53-57-61-65-69-82(87)95-75-80(101-84(89)71-67-63-59-55-49-28-24-20-16-12-8-4)77-99-103(91,92)97-73-79(86)74-98-104(93,94)100-78-81(102-85(90)72-68-64-60-56-52-48-43-34-31-27-23-19-15-11-7-3)76-96-83(88)70-66-62-58-54-51-47-45-42-40-38-36-33-30-26-22-18-14-10-6-2/h9-10,13-14,21-23,25-27,32-36,39-43,46,50,57,61,79-81,86H,5-8,11-12,15-20,24,28-31,37-38,44-45,47-49,51-56,58-60,62-78H2,1-4H3,(H,91,92)(H,93,94)/b13-9-,14-10-,25-21-,26-22-,27-23-,35-32-,36-33-,41-39-,42-40-,43-34-,50-46-,61-57-. The van der Waals surface area contributed by atoms with Crippen LogP contribution in [0.3, 0.4) is 0 Å². The maximum Gasteiger partial charge on any atom is 0.472 e. The van der Waals surface area contributed by atoms with Crippen LogP contribution in [-0.4, -0.2) is 96.7 Å². The largest absolute Gasteiger partial charge is 0.472 e. The lowest BCUT2D eigenvalue weighted by molar-refractivity contribution is -0.161. The molecule has 0 fully saturated rings. The average molecular weight is 1500 g/mol. The van der Waals surface area contributed by atoms with Gasteiger partial charge in [0.05, 0.1) is 26.4 Å². The summed E-state index contributed by atoms with van der Waals surface area (Å²) < 4.78 is 68.5. The van der Waals surface area contributed by atoms with Crippen molar-refractivity contribution in [2.24, 2.45) is 0 Å². The highest BCUT2D eigenvalue weighted by Crippen LogP contribution is 2.45. The van der Waals surface area contributed by atoms with E-state index in [4.69, 9.17) is 37.0 Å². The molecule has 0 aromatic rings. The van der Waals surface area contributed by atoms with Gasteiger partial charge < -0.3 is 33.8 Å². The van der Waals surface area contributed by atoms with Crippen molar-refractivity contribution >= 4 is 39.5 Å². The summed E-state index contributed by atoms with van der Waals surface area (Å²) in [7, 11) is -9.99. The van der Waals surface area contributed by atoms with E-state index in [1.807, 2.05) is 18.2 Å². The summed E-state index contributed by atoms with van der Waals surface area (Å²) in [4.78, 5) is 73.0. The Morgan fingerprint density at radius 2 is 0.519 bits per heavy atom. The molecule has 0 bridgehead atoms. The van der Waals surface area contributed by atoms with E-state index in [0.29, 0.717) is 32.1 Å². The van der Waals surface area contributed by atoms with Crippen molar-refractivity contribution in [1.29, 1.82) is 0 Å². The van der Waals surface area contributed by atoms with Gasteiger partial charge in [0, 0.05) is 25.7 Å². The molecular formula is C85H142O17P2. The molecular weight excluding hydrogens is 1350 g/mol. The van der Waals surface area contributed by atoms with Crippen LogP contribution in [0, 0.1) is 0 Å². The Labute approximate surface area is 630 Å². The van der Waals surface area contributed by atoms with Crippen LogP contribution in [0.15, 0.2) is 146 Å². The van der Waals surface area contributed by atoms with Crippen molar-refractivity contribution < 1.29 is 80.2 Å². The number of rotatable bonds is 74. The number of phosphoric ester groups is 2. The molecule has 594 valence electrons. The first-order valence-corrected chi connectivity index (χ1v) is 43.1. The lowest BCUT2D eigenvalue weighted by Gasteiger charge is -2.21. The highest BCUT2D eigenvalue weighted by molar-refractivity contribution is 7.47. The maximum absolute atomic E-state index is 13.1. The van der Waals surface area contributed by atoms with E-state index >= 15 is 0 Å². The quantitative estimate of drug-likeness (QED) is 0.0169. The monoisotopic (exact) mass is 1500 g/mol. The summed E-state index contributed by atoms with van der Waals surface area (Å²) in [6.45, 7) is 4.50. The Kier molecular flexibility index (Phi) is 72.4. The van der Waals surface area contributed by atoms with Crippen molar-refractivity contribution in [3.05, 3.63) is 146 Å². The van der Waals surface area contributed by atoms with Crippen molar-refractivity contribution in [2.75, 3.05) is 39.6 Å². The number of hydrogen-bond acceptors (Lipinski definition) is 15. The smallest absolute Gasteiger partial charge is 0.462 e. The third-order valence-corrected chi connectivity index (χ3v) is 18.2. The second kappa shape index (κ2) is 76.1. The molecule has 0 aromatic heterocycles. The van der Waals surface area contributed by atoms with E-state index in [1.54, 1.807) is 0 Å². The zero-order chi connectivity index (χ0) is 76.0. The maximum atomic E-state index is 13.1. The number of ether oxygens (including phenoxy) is 4. The lowest BCUT2D eigenvalue weighted by Crippen LogP contribution is -2.30. The summed E-state index contributed by atoms with van der Waals surface area (Å²) in [5.41, 5.74) is 0. The van der Waals surface area contributed by atoms with Crippen molar-refractivity contribution in [2.45, 2.75) is 329 Å². The SMILES string of the molecule is CC/C=C\C/C=C\C/C=C\C/C=C\C/C=C\C/C=C\CCC(=O)OCC(COP(=O)(O)OCC(O)COP(=O)(O)OCC(COC(=O)CCCCCCCC/C=C\C/C=C\C/C=C\C/C=C\CC)OC(=O)CCCCCCC/C=C\C/C=C\CCCCC)OC(=O)CCCCCCCCCCCCC. The molecule has 0 heterocycles. The molecule has 0 radical (unpaired) electrons. The molecule has 0 saturated heterocycles. The first-order valence-electron chi connectivity index (χ1n) is 40.1. The molecule has 0 saturated carbocycles. The van der Waals surface area contributed by atoms with E-state index in [1.165, 1.54) is 57.8 Å². The minimum absolute atomic E-state index is 0.0343. The number of hydrogen-bond donors (Lipinski definition) is 3. The number of aliphatic hydroxyl groups is 1. The Morgan fingerprint density at radius 3 is 0.846 bits per heavy atom. The fraction of sp³-hybridized carbons (Fsp3) is 0.671. The van der Waals surface area contributed by atoms with Crippen LogP contribution in [0.1, 0.15) is 310 Å². The Balaban J connectivity index is 5.40. The Hall–Kier alpha value is -5.06. The summed E-state index contributed by atoms with van der Waals surface area (Å²) in [5.74, 6) is -2.30. The molecule has 0 spiro atoms. The fourth-order valence-electron chi connectivity index (χ4n) is 10.3. The number of carbonyl (C=O) groups is 4. The molecule has 3 N–H and O–H groups in total. The van der Waals surface area contributed by atoms with Gasteiger partial charge in [0.2, 0.25) is 0 Å². The second-order valence-electron chi connectivity index (χ2n) is 26.2. The van der Waals surface area contributed by atoms with E-state index in [0.717, 1.165) is 167 Å². The third-order valence-electron chi connectivity index (χ3n) is 16.3. The molecule has 0 aliphatic carbocycles. The topological polar surface area (TPSA) is 237 Å². The van der Waals surface area contributed by atoms with Gasteiger partial charge in [-0.15, -0.1) is 0 Å². The summed E-state index contributed by atoms with van der Waals surface area (Å²) in [5, 5.41) is 10.6. The van der Waals surface area contributed by atoms with Crippen molar-refractivity contribution in [3.8, 4) is 0 Å². The van der Waals surface area contributed by atoms with Crippen LogP contribution < -0.4 is 0 Å². The van der Waals surface area contributed by atoms with E-state index in [-0.39, 0.29) is 25.7 Å². The first-order chi connectivity index (χ1) is 50.7. The molecule has 5 atom stereocenters. The van der Waals surface area contributed by atoms with Crippen LogP contribution in [0.2, 0.25) is 0 Å². The Morgan fingerprint density at radius 1 is 0.279 bits per heavy atom. The molecule has 19 heteroatoms. The zero-order valence-electron chi connectivity index (χ0n) is 64.9. The number of phosphoric acid groups is 2. The van der Waals surface area contributed by atoms with E-state index in [9.17, 15) is 43.2 Å². The van der Waals surface area contributed by atoms with Crippen molar-refractivity contribution in [3.63, 3.8) is 0 Å². The van der Waals surface area contributed by atoms with Gasteiger partial charge in [0.1, 0.15) is 19.3 Å². The average Bonchev–Trinajstić information content (AvgIpc) is 0.931. The summed E-state index contributed by atoms with van der Waals surface area (Å²) in [6.07, 6.45) is 87.0. The highest BCUT2D eigenvalue weighted by atomic mass is 31.2. The molecule has 5 unspecified atom stereocenters. The number of carbonyl (C=O) groups excluding carboxylic acids is 4. The minimum Gasteiger partial charge on any atom is -0.462 e. The van der Waals surface area contributed by atoms with Gasteiger partial charge in [-0.05, 0) is 135 Å². The molecule has 17 nitrogen and oxygen atoms in total. The van der Waals surface area contributed by atoms with Gasteiger partial charge in [-0.3, -0.25) is 37.3 Å². The molecule has 0 aromatic carbocycles. The van der Waals surface area contributed by atoms with Crippen molar-refractivity contribution in [1.82, 2.24) is 0 Å². The molecule has 0 aliphatic rings. The van der Waals surface area contributed by atoms with Gasteiger partial charge in [-0.1, -0.05) is 296 Å². The number of allylic oxidation sites excluding steroid dienone is 24. The van der Waals surface area contributed by atoms with Crippen LogP contribution >= 0.6 is 15.6 Å². The lowest BCUT2D eigenvalue weighted by atomic mass is 10.1. The fourth-order valence-corrected chi connectivity index (χ4v) is 11.8. The van der Waals surface area contributed by atoms with Crippen LogP contribution in [0.5, 0.6) is 0 Å². The molecule has 0 rings (SSSR count). The van der Waals surface area contributed by atoms with Crippen LogP contribution in [0.4, 0.5) is 0 Å². The number of esters is 4. The van der Waals surface area contributed by atoms with E-state index in [2.05, 4.69) is 155 Å². The Bertz CT molecular complexity index is 2540. The number of aliphatic hydroxyl groups excluding tert-OH is 1. The highest BCUT2D eigenvalue weighted by Gasteiger charge is 2.30. The van der Waals surface area contributed by atoms with Gasteiger partial charge >= 0.3 is 39.5 Å². The molecule has 104 heavy (non-hydrogen) atoms. The van der Waals surface area contributed by atoms with Gasteiger partial charge in [-0.2, -0.15) is 0 Å². The van der Waals surface area contributed by atoms with Crippen LogP contribution in [0.25, 0.3) is 0 Å². The zero-order valence-corrected chi connectivity index (χ0v) is 66.7. The molecule has 0 amide bonds. The summed E-state index contributed by atoms with van der Waals surface area (Å²) in [6, 6.07) is 0. The minimum atomic E-state index is -4.99. The van der Waals surface area contributed by atoms with Crippen LogP contribution in [-0.2, 0) is 65.4 Å². The number of unbranched alkanes of at least 4 members (excludes halogenated alkanes) is 24. The first kappa shape index (κ1) is 98.9. The third kappa shape index (κ3) is 75.2. The molecule has 0 aliphatic heterocycles. The van der Waals surface area contributed by atoms with E-state index < -0.39 is 97.5 Å².